The number of ketones is 1. The third-order valence-electron chi connectivity index (χ3n) is 4.34. The van der Waals surface area contributed by atoms with Gasteiger partial charge in [0.1, 0.15) is 0 Å². The van der Waals surface area contributed by atoms with Crippen LogP contribution in [0, 0.1) is 0 Å². The molecule has 0 aromatic heterocycles. The molecule has 0 saturated heterocycles. The number of rotatable bonds is 5. The molecular formula is C18H22OSn. The summed E-state index contributed by atoms with van der Waals surface area (Å²) in [4.78, 5) is 17.2. The second kappa shape index (κ2) is 6.57. The van der Waals surface area contributed by atoms with Crippen LogP contribution in [0.15, 0.2) is 60.7 Å². The zero-order valence-electron chi connectivity index (χ0n) is 12.5. The number of benzene rings is 2. The van der Waals surface area contributed by atoms with Crippen molar-refractivity contribution < 1.29 is 4.79 Å². The predicted molar refractivity (Wildman–Crippen MR) is 88.4 cm³/mol. The van der Waals surface area contributed by atoms with Crippen LogP contribution in [-0.4, -0.2) is 24.2 Å². The molecule has 0 spiro atoms. The van der Waals surface area contributed by atoms with E-state index in [4.69, 9.17) is 0 Å². The fourth-order valence-corrected chi connectivity index (χ4v) is 9.04. The Kier molecular flexibility index (Phi) is 5.03. The Morgan fingerprint density at radius 3 is 2.00 bits per heavy atom. The average molecular weight is 373 g/mol. The molecule has 1 unspecified atom stereocenters. The summed E-state index contributed by atoms with van der Waals surface area (Å²) < 4.78 is 1.99. The van der Waals surface area contributed by atoms with E-state index in [-0.39, 0.29) is 5.78 Å². The van der Waals surface area contributed by atoms with E-state index >= 15 is 0 Å². The molecule has 0 aliphatic heterocycles. The molecule has 0 radical (unpaired) electrons. The third kappa shape index (κ3) is 3.51. The van der Waals surface area contributed by atoms with E-state index in [1.54, 1.807) is 0 Å². The summed E-state index contributed by atoms with van der Waals surface area (Å²) in [7, 11) is 0. The summed E-state index contributed by atoms with van der Waals surface area (Å²) in [6, 6.07) is 20.4. The zero-order valence-corrected chi connectivity index (χ0v) is 15.3. The van der Waals surface area contributed by atoms with Crippen molar-refractivity contribution in [1.29, 1.82) is 0 Å². The third-order valence-corrected chi connectivity index (χ3v) is 17.2. The molecule has 2 aromatic rings. The minimum absolute atomic E-state index is 0.277. The SMILES string of the molecule is C[CH](CC(=O)c1ccccc1)[Sn]([CH3])([CH3])[c]1ccccc1. The van der Waals surface area contributed by atoms with Gasteiger partial charge in [0.15, 0.2) is 0 Å². The maximum absolute atomic E-state index is 12.4. The quantitative estimate of drug-likeness (QED) is 0.566. The Morgan fingerprint density at radius 1 is 0.950 bits per heavy atom. The Balaban J connectivity index is 2.12. The molecule has 2 heteroatoms. The molecule has 2 rings (SSSR count). The van der Waals surface area contributed by atoms with E-state index < -0.39 is 18.4 Å². The van der Waals surface area contributed by atoms with E-state index in [1.165, 1.54) is 3.58 Å². The molecule has 2 aromatic carbocycles. The molecule has 0 bridgehead atoms. The van der Waals surface area contributed by atoms with Crippen molar-refractivity contribution in [3.05, 3.63) is 66.2 Å². The van der Waals surface area contributed by atoms with Gasteiger partial charge in [0.25, 0.3) is 0 Å². The first-order valence-corrected chi connectivity index (χ1v) is 15.9. The fourth-order valence-electron chi connectivity index (χ4n) is 2.43. The van der Waals surface area contributed by atoms with Crippen LogP contribution in [0.5, 0.6) is 0 Å². The monoisotopic (exact) mass is 374 g/mol. The van der Waals surface area contributed by atoms with Crippen molar-refractivity contribution in [2.75, 3.05) is 0 Å². The van der Waals surface area contributed by atoms with Gasteiger partial charge in [0.2, 0.25) is 0 Å². The van der Waals surface area contributed by atoms with E-state index in [1.807, 2.05) is 30.3 Å². The molecule has 0 N–H and O–H groups in total. The Hall–Kier alpha value is -1.09. The summed E-state index contributed by atoms with van der Waals surface area (Å²) in [5, 5.41) is 0. The van der Waals surface area contributed by atoms with Crippen LogP contribution in [0.3, 0.4) is 0 Å². The molecule has 1 nitrogen and oxygen atoms in total. The van der Waals surface area contributed by atoms with Gasteiger partial charge in [0.05, 0.1) is 0 Å². The number of Topliss-reactive ketones (excluding diaryl/α,β-unsaturated/α-hetero) is 1. The summed E-state index contributed by atoms with van der Waals surface area (Å²) in [5.74, 6) is 0.277. The summed E-state index contributed by atoms with van der Waals surface area (Å²) in [6.07, 6.45) is 0.669. The number of carbonyl (C=O) groups is 1. The summed E-state index contributed by atoms with van der Waals surface area (Å²) in [6.45, 7) is 2.25. The Bertz CT molecular complexity index is 560. The molecule has 0 aliphatic carbocycles. The van der Waals surface area contributed by atoms with Gasteiger partial charge < -0.3 is 0 Å². The minimum atomic E-state index is -2.41. The van der Waals surface area contributed by atoms with E-state index in [0.717, 1.165) is 5.56 Å². The van der Waals surface area contributed by atoms with Crippen molar-refractivity contribution in [2.24, 2.45) is 0 Å². The van der Waals surface area contributed by atoms with Crippen LogP contribution >= 0.6 is 0 Å². The van der Waals surface area contributed by atoms with Crippen LogP contribution < -0.4 is 3.58 Å². The predicted octanol–water partition coefficient (Wildman–Crippen LogP) is 4.27. The Morgan fingerprint density at radius 2 is 1.45 bits per heavy atom. The van der Waals surface area contributed by atoms with E-state index in [9.17, 15) is 4.79 Å². The average Bonchev–Trinajstić information content (AvgIpc) is 2.49. The molecular weight excluding hydrogens is 351 g/mol. The van der Waals surface area contributed by atoms with Crippen LogP contribution in [0.4, 0.5) is 0 Å². The molecule has 0 aliphatic rings. The molecule has 0 heterocycles. The zero-order chi connectivity index (χ0) is 14.6. The molecule has 104 valence electrons. The first kappa shape index (κ1) is 15.3. The second-order valence-corrected chi connectivity index (χ2v) is 20.3. The van der Waals surface area contributed by atoms with Gasteiger partial charge in [0, 0.05) is 0 Å². The first-order chi connectivity index (χ1) is 9.51. The van der Waals surface area contributed by atoms with Crippen molar-refractivity contribution >= 4 is 27.7 Å². The van der Waals surface area contributed by atoms with Gasteiger partial charge in [-0.2, -0.15) is 0 Å². The van der Waals surface area contributed by atoms with Gasteiger partial charge in [-0.3, -0.25) is 0 Å². The molecule has 0 saturated carbocycles. The van der Waals surface area contributed by atoms with E-state index in [0.29, 0.717) is 10.4 Å². The van der Waals surface area contributed by atoms with Crippen LogP contribution in [0.1, 0.15) is 23.7 Å². The second-order valence-electron chi connectivity index (χ2n) is 5.98. The standard InChI is InChI=1S/C10H11O.C6H5.2CH3.Sn/c1-2-6-10(11)9-7-4-3-5-8-9;1-2-4-6-5-3-1;;;/h2-5,7-8H,6H2,1H3;1-5H;2*1H3;. The first-order valence-electron chi connectivity index (χ1n) is 7.15. The van der Waals surface area contributed by atoms with Crippen LogP contribution in [0.2, 0.25) is 13.8 Å². The Labute approximate surface area is 125 Å². The van der Waals surface area contributed by atoms with Crippen molar-refractivity contribution in [3.63, 3.8) is 0 Å². The van der Waals surface area contributed by atoms with Crippen molar-refractivity contribution in [2.45, 2.75) is 27.2 Å². The fraction of sp³-hybridized carbons (Fsp3) is 0.278. The summed E-state index contributed by atoms with van der Waals surface area (Å²) >= 11 is -2.41. The molecule has 20 heavy (non-hydrogen) atoms. The van der Waals surface area contributed by atoms with Gasteiger partial charge in [-0.1, -0.05) is 0 Å². The number of carbonyl (C=O) groups excluding carboxylic acids is 1. The maximum atomic E-state index is 12.4. The topological polar surface area (TPSA) is 17.1 Å². The van der Waals surface area contributed by atoms with Gasteiger partial charge in [-0.05, 0) is 0 Å². The van der Waals surface area contributed by atoms with Crippen molar-refractivity contribution in [3.8, 4) is 0 Å². The molecule has 1 atom stereocenters. The van der Waals surface area contributed by atoms with Crippen LogP contribution in [0.25, 0.3) is 0 Å². The van der Waals surface area contributed by atoms with E-state index in [2.05, 4.69) is 47.1 Å². The molecule has 0 fully saturated rings. The van der Waals surface area contributed by atoms with Gasteiger partial charge in [-0.25, -0.2) is 0 Å². The number of hydrogen-bond acceptors (Lipinski definition) is 1. The summed E-state index contributed by atoms with van der Waals surface area (Å²) in [5.41, 5.74) is 0.842. The van der Waals surface area contributed by atoms with Gasteiger partial charge >= 0.3 is 126 Å². The van der Waals surface area contributed by atoms with Crippen molar-refractivity contribution in [1.82, 2.24) is 0 Å². The number of hydrogen-bond donors (Lipinski definition) is 0. The van der Waals surface area contributed by atoms with Crippen LogP contribution in [-0.2, 0) is 0 Å². The normalized spacial score (nSPS) is 12.9. The molecule has 0 amide bonds. The van der Waals surface area contributed by atoms with Gasteiger partial charge in [-0.15, -0.1) is 0 Å².